The molecule has 104 valence electrons. The van der Waals surface area contributed by atoms with Crippen LogP contribution in [0.5, 0.6) is 0 Å². The van der Waals surface area contributed by atoms with Crippen molar-refractivity contribution in [3.63, 3.8) is 0 Å². The molecule has 1 aromatic carbocycles. The van der Waals surface area contributed by atoms with Crippen molar-refractivity contribution in [2.24, 2.45) is 0 Å². The number of para-hydroxylation sites is 1. The zero-order valence-corrected chi connectivity index (χ0v) is 11.8. The summed E-state index contributed by atoms with van der Waals surface area (Å²) in [5.41, 5.74) is 4.07. The minimum absolute atomic E-state index is 0.749. The summed E-state index contributed by atoms with van der Waals surface area (Å²) in [7, 11) is 0. The van der Waals surface area contributed by atoms with Gasteiger partial charge in [-0.1, -0.05) is 18.2 Å². The van der Waals surface area contributed by atoms with Gasteiger partial charge in [0.05, 0.1) is 11.9 Å². The molecule has 1 unspecified atom stereocenters. The van der Waals surface area contributed by atoms with Crippen molar-refractivity contribution >= 4 is 0 Å². The molecule has 1 aliphatic carbocycles. The minimum Gasteiger partial charge on any atom is -0.300 e. The Labute approximate surface area is 120 Å². The van der Waals surface area contributed by atoms with E-state index in [4.69, 9.17) is 0 Å². The van der Waals surface area contributed by atoms with E-state index >= 15 is 0 Å². The Hall–Kier alpha value is -1.61. The summed E-state index contributed by atoms with van der Waals surface area (Å²) in [6, 6.07) is 11.2. The van der Waals surface area contributed by atoms with Crippen molar-refractivity contribution in [1.82, 2.24) is 14.7 Å². The number of hydrogen-bond donors (Lipinski definition) is 0. The molecule has 0 saturated carbocycles. The molecule has 1 aliphatic heterocycles. The van der Waals surface area contributed by atoms with Crippen LogP contribution in [0.25, 0.3) is 5.69 Å². The maximum atomic E-state index is 4.63. The van der Waals surface area contributed by atoms with Gasteiger partial charge in [-0.15, -0.1) is 0 Å². The number of aromatic nitrogens is 2. The van der Waals surface area contributed by atoms with E-state index < -0.39 is 0 Å². The first-order valence-corrected chi connectivity index (χ1v) is 7.77. The van der Waals surface area contributed by atoms with Crippen LogP contribution in [0.1, 0.15) is 30.5 Å². The Kier molecular flexibility index (Phi) is 3.07. The van der Waals surface area contributed by atoms with Crippen molar-refractivity contribution in [3.05, 3.63) is 47.8 Å². The SMILES string of the molecule is c1ccc(-n2ncc3c2CCC(N2CCCC2)C3)cc1. The highest BCUT2D eigenvalue weighted by molar-refractivity contribution is 5.36. The van der Waals surface area contributed by atoms with Gasteiger partial charge in [-0.05, 0) is 62.9 Å². The smallest absolute Gasteiger partial charge is 0.0648 e. The molecule has 2 aliphatic rings. The van der Waals surface area contributed by atoms with Crippen LogP contribution in [0, 0.1) is 0 Å². The zero-order valence-electron chi connectivity index (χ0n) is 11.8. The average molecular weight is 267 g/mol. The Bertz CT molecular complexity index is 582. The van der Waals surface area contributed by atoms with Gasteiger partial charge in [0.1, 0.15) is 0 Å². The van der Waals surface area contributed by atoms with Gasteiger partial charge in [0.25, 0.3) is 0 Å². The standard InChI is InChI=1S/C17H21N3/c1-2-6-15(7-3-1)20-17-9-8-16(12-14(17)13-18-20)19-10-4-5-11-19/h1-3,6-7,13,16H,4-5,8-12H2. The lowest BCUT2D eigenvalue weighted by Crippen LogP contribution is -2.37. The van der Waals surface area contributed by atoms with Crippen molar-refractivity contribution < 1.29 is 0 Å². The molecule has 2 heterocycles. The van der Waals surface area contributed by atoms with Crippen LogP contribution in [0.2, 0.25) is 0 Å². The fourth-order valence-corrected chi connectivity index (χ4v) is 3.71. The molecule has 1 fully saturated rings. The molecule has 4 rings (SSSR count). The molecular weight excluding hydrogens is 246 g/mol. The molecule has 1 atom stereocenters. The van der Waals surface area contributed by atoms with Crippen LogP contribution >= 0.6 is 0 Å². The normalized spacial score (nSPS) is 22.9. The van der Waals surface area contributed by atoms with Crippen LogP contribution in [-0.4, -0.2) is 33.8 Å². The first kappa shape index (κ1) is 12.2. The third-order valence-electron chi connectivity index (χ3n) is 4.78. The second-order valence-corrected chi connectivity index (χ2v) is 6.00. The Morgan fingerprint density at radius 3 is 2.65 bits per heavy atom. The number of benzene rings is 1. The Balaban J connectivity index is 1.60. The number of nitrogens with zero attached hydrogens (tertiary/aromatic N) is 3. The van der Waals surface area contributed by atoms with Gasteiger partial charge in [0.15, 0.2) is 0 Å². The van der Waals surface area contributed by atoms with Crippen molar-refractivity contribution in [2.75, 3.05) is 13.1 Å². The van der Waals surface area contributed by atoms with Gasteiger partial charge in [0.2, 0.25) is 0 Å². The first-order chi connectivity index (χ1) is 9.92. The molecule has 1 saturated heterocycles. The van der Waals surface area contributed by atoms with Gasteiger partial charge < -0.3 is 4.90 Å². The van der Waals surface area contributed by atoms with Gasteiger partial charge >= 0.3 is 0 Å². The van der Waals surface area contributed by atoms with Crippen LogP contribution in [0.4, 0.5) is 0 Å². The summed E-state index contributed by atoms with van der Waals surface area (Å²) < 4.78 is 2.13. The molecule has 1 aromatic heterocycles. The molecule has 3 heteroatoms. The van der Waals surface area contributed by atoms with E-state index in [2.05, 4.69) is 51.2 Å². The molecule has 3 nitrogen and oxygen atoms in total. The van der Waals surface area contributed by atoms with Crippen molar-refractivity contribution in [2.45, 2.75) is 38.1 Å². The van der Waals surface area contributed by atoms with Gasteiger partial charge in [-0.2, -0.15) is 5.10 Å². The van der Waals surface area contributed by atoms with E-state index in [1.165, 1.54) is 55.7 Å². The molecule has 2 aromatic rings. The first-order valence-electron chi connectivity index (χ1n) is 7.77. The fraction of sp³-hybridized carbons (Fsp3) is 0.471. The van der Waals surface area contributed by atoms with E-state index in [9.17, 15) is 0 Å². The van der Waals surface area contributed by atoms with Crippen LogP contribution < -0.4 is 0 Å². The van der Waals surface area contributed by atoms with Crippen molar-refractivity contribution in [1.29, 1.82) is 0 Å². The molecule has 0 spiro atoms. The number of fused-ring (bicyclic) bond motifs is 1. The van der Waals surface area contributed by atoms with E-state index in [-0.39, 0.29) is 0 Å². The summed E-state index contributed by atoms with van der Waals surface area (Å²) in [5, 5.41) is 4.63. The zero-order chi connectivity index (χ0) is 13.4. The fourth-order valence-electron chi connectivity index (χ4n) is 3.71. The highest BCUT2D eigenvalue weighted by atomic mass is 15.3. The third kappa shape index (κ3) is 2.06. The van der Waals surface area contributed by atoms with E-state index in [0.29, 0.717) is 0 Å². The summed E-state index contributed by atoms with van der Waals surface area (Å²) in [6.45, 7) is 2.60. The number of hydrogen-bond acceptors (Lipinski definition) is 2. The molecule has 20 heavy (non-hydrogen) atoms. The number of rotatable bonds is 2. The highest BCUT2D eigenvalue weighted by Gasteiger charge is 2.28. The quantitative estimate of drug-likeness (QED) is 0.834. The number of likely N-dealkylation sites (tertiary alicyclic amines) is 1. The molecule has 0 amide bonds. The molecule has 0 bridgehead atoms. The van der Waals surface area contributed by atoms with Gasteiger partial charge in [-0.3, -0.25) is 0 Å². The summed E-state index contributed by atoms with van der Waals surface area (Å²) >= 11 is 0. The molecule has 0 radical (unpaired) electrons. The molecular formula is C17H21N3. The summed E-state index contributed by atoms with van der Waals surface area (Å²) in [4.78, 5) is 2.68. The summed E-state index contributed by atoms with van der Waals surface area (Å²) in [5.74, 6) is 0. The average Bonchev–Trinajstić information content (AvgIpc) is 3.17. The predicted molar refractivity (Wildman–Crippen MR) is 80.2 cm³/mol. The Morgan fingerprint density at radius 1 is 1.05 bits per heavy atom. The van der Waals surface area contributed by atoms with Crippen LogP contribution in [0.15, 0.2) is 36.5 Å². The van der Waals surface area contributed by atoms with Crippen LogP contribution in [-0.2, 0) is 12.8 Å². The van der Waals surface area contributed by atoms with Crippen molar-refractivity contribution in [3.8, 4) is 5.69 Å². The second-order valence-electron chi connectivity index (χ2n) is 6.00. The summed E-state index contributed by atoms with van der Waals surface area (Å²) in [6.07, 6.45) is 8.48. The maximum absolute atomic E-state index is 4.63. The third-order valence-corrected chi connectivity index (χ3v) is 4.78. The maximum Gasteiger partial charge on any atom is 0.0648 e. The van der Waals surface area contributed by atoms with E-state index in [1.54, 1.807) is 0 Å². The Morgan fingerprint density at radius 2 is 1.85 bits per heavy atom. The topological polar surface area (TPSA) is 21.1 Å². The lowest BCUT2D eigenvalue weighted by Gasteiger charge is -2.31. The van der Waals surface area contributed by atoms with Gasteiger partial charge in [0, 0.05) is 11.7 Å². The van der Waals surface area contributed by atoms with Gasteiger partial charge in [-0.25, -0.2) is 4.68 Å². The van der Waals surface area contributed by atoms with Crippen LogP contribution in [0.3, 0.4) is 0 Å². The largest absolute Gasteiger partial charge is 0.300 e. The second kappa shape index (κ2) is 5.06. The van der Waals surface area contributed by atoms with E-state index in [0.717, 1.165) is 12.5 Å². The lowest BCUT2D eigenvalue weighted by atomic mass is 9.92. The lowest BCUT2D eigenvalue weighted by molar-refractivity contribution is 0.221. The minimum atomic E-state index is 0.749. The monoisotopic (exact) mass is 267 g/mol. The van der Waals surface area contributed by atoms with E-state index in [1.807, 2.05) is 0 Å². The highest BCUT2D eigenvalue weighted by Crippen LogP contribution is 2.28. The predicted octanol–water partition coefficient (Wildman–Crippen LogP) is 2.83. The molecule has 0 N–H and O–H groups in total.